The van der Waals surface area contributed by atoms with Gasteiger partial charge in [-0.25, -0.2) is 4.68 Å². The first-order chi connectivity index (χ1) is 8.90. The van der Waals surface area contributed by atoms with Gasteiger partial charge in [0, 0.05) is 13.6 Å². The Bertz CT molecular complexity index is 710. The van der Waals surface area contributed by atoms with Crippen LogP contribution in [0.2, 0.25) is 0 Å². The fourth-order valence-corrected chi connectivity index (χ4v) is 2.02. The lowest BCUT2D eigenvalue weighted by Crippen LogP contribution is -2.27. The number of H-pyrrole nitrogens is 1. The number of hydrogen-bond donors (Lipinski definition) is 1. The highest BCUT2D eigenvalue weighted by atomic mass is 32.1. The van der Waals surface area contributed by atoms with Gasteiger partial charge in [-0.2, -0.15) is 10.2 Å². The maximum atomic E-state index is 12.4. The molecule has 0 aliphatic heterocycles. The zero-order valence-corrected chi connectivity index (χ0v) is 12.3. The average Bonchev–Trinajstić information content (AvgIpc) is 2.64. The van der Waals surface area contributed by atoms with Crippen molar-refractivity contribution in [3.63, 3.8) is 0 Å². The molecule has 2 aromatic rings. The average molecular weight is 279 g/mol. The molecular formula is C12H17N5OS. The van der Waals surface area contributed by atoms with Gasteiger partial charge in [-0.15, -0.1) is 0 Å². The van der Waals surface area contributed by atoms with Crippen molar-refractivity contribution in [2.75, 3.05) is 0 Å². The van der Waals surface area contributed by atoms with Crippen molar-refractivity contribution in [3.8, 4) is 11.4 Å². The minimum atomic E-state index is -0.142. The third kappa shape index (κ3) is 2.65. The van der Waals surface area contributed by atoms with Crippen LogP contribution < -0.4 is 5.56 Å². The van der Waals surface area contributed by atoms with Crippen LogP contribution in [0.1, 0.15) is 19.5 Å². The quantitative estimate of drug-likeness (QED) is 0.868. The van der Waals surface area contributed by atoms with Crippen LogP contribution in [0, 0.1) is 17.6 Å². The van der Waals surface area contributed by atoms with Crippen molar-refractivity contribution in [2.45, 2.75) is 27.3 Å². The molecule has 0 saturated carbocycles. The summed E-state index contributed by atoms with van der Waals surface area (Å²) in [7, 11) is 1.78. The molecule has 0 atom stereocenters. The van der Waals surface area contributed by atoms with E-state index in [4.69, 9.17) is 12.2 Å². The number of aryl methyl sites for hydroxylation is 1. The second-order valence-corrected chi connectivity index (χ2v) is 5.38. The normalized spacial score (nSPS) is 11.2. The number of rotatable bonds is 3. The van der Waals surface area contributed by atoms with E-state index in [2.05, 4.69) is 15.3 Å². The van der Waals surface area contributed by atoms with Gasteiger partial charge in [0.2, 0.25) is 0 Å². The van der Waals surface area contributed by atoms with E-state index in [0.29, 0.717) is 28.6 Å². The smallest absolute Gasteiger partial charge is 0.277 e. The van der Waals surface area contributed by atoms with Gasteiger partial charge in [0.1, 0.15) is 0 Å². The molecule has 0 aromatic carbocycles. The van der Waals surface area contributed by atoms with E-state index in [-0.39, 0.29) is 5.56 Å². The molecule has 0 amide bonds. The molecule has 0 spiro atoms. The highest BCUT2D eigenvalue weighted by molar-refractivity contribution is 7.71. The van der Waals surface area contributed by atoms with Crippen molar-refractivity contribution in [2.24, 2.45) is 13.0 Å². The van der Waals surface area contributed by atoms with Crippen LogP contribution >= 0.6 is 12.2 Å². The second-order valence-electron chi connectivity index (χ2n) is 4.99. The maximum Gasteiger partial charge on any atom is 0.277 e. The van der Waals surface area contributed by atoms with Crippen LogP contribution in [0.3, 0.4) is 0 Å². The number of nitrogens with one attached hydrogen (secondary N) is 1. The van der Waals surface area contributed by atoms with Crippen molar-refractivity contribution in [1.82, 2.24) is 24.5 Å². The summed E-state index contributed by atoms with van der Waals surface area (Å²) in [5, 5.41) is 11.1. The highest BCUT2D eigenvalue weighted by Crippen LogP contribution is 2.12. The van der Waals surface area contributed by atoms with E-state index in [0.717, 1.165) is 5.69 Å². The zero-order valence-electron chi connectivity index (χ0n) is 11.5. The van der Waals surface area contributed by atoms with E-state index < -0.39 is 0 Å². The van der Waals surface area contributed by atoms with Gasteiger partial charge < -0.3 is 4.57 Å². The van der Waals surface area contributed by atoms with Gasteiger partial charge in [0.05, 0.1) is 11.3 Å². The predicted molar refractivity (Wildman–Crippen MR) is 75.5 cm³/mol. The number of aromatic amines is 1. The number of aromatic nitrogens is 5. The first-order valence-electron chi connectivity index (χ1n) is 6.10. The topological polar surface area (TPSA) is 68.5 Å². The fraction of sp³-hybridized carbons (Fsp3) is 0.500. The Labute approximate surface area is 116 Å². The molecular weight excluding hydrogens is 262 g/mol. The van der Waals surface area contributed by atoms with Crippen LogP contribution in [-0.4, -0.2) is 24.5 Å². The third-order valence-electron chi connectivity index (χ3n) is 2.76. The molecule has 0 fully saturated rings. The summed E-state index contributed by atoms with van der Waals surface area (Å²) in [6.07, 6.45) is 0. The molecule has 1 N–H and O–H groups in total. The minimum Gasteiger partial charge on any atom is -0.303 e. The number of hydrogen-bond acceptors (Lipinski definition) is 4. The van der Waals surface area contributed by atoms with Crippen LogP contribution in [0.25, 0.3) is 11.4 Å². The molecule has 0 radical (unpaired) electrons. The summed E-state index contributed by atoms with van der Waals surface area (Å²) in [5.74, 6) is 0.889. The summed E-state index contributed by atoms with van der Waals surface area (Å²) >= 11 is 5.07. The first kappa shape index (κ1) is 13.7. The number of nitrogens with zero attached hydrogens (tertiary/aromatic N) is 4. The molecule has 7 heteroatoms. The van der Waals surface area contributed by atoms with Crippen molar-refractivity contribution in [3.05, 3.63) is 26.9 Å². The molecule has 2 aromatic heterocycles. The van der Waals surface area contributed by atoms with Gasteiger partial charge in [0.15, 0.2) is 10.6 Å². The Morgan fingerprint density at radius 2 is 2.16 bits per heavy atom. The molecule has 0 unspecified atom stereocenters. The van der Waals surface area contributed by atoms with E-state index >= 15 is 0 Å². The highest BCUT2D eigenvalue weighted by Gasteiger charge is 2.14. The third-order valence-corrected chi connectivity index (χ3v) is 3.12. The van der Waals surface area contributed by atoms with Gasteiger partial charge in [0.25, 0.3) is 5.56 Å². The summed E-state index contributed by atoms with van der Waals surface area (Å²) in [6.45, 7) is 6.54. The van der Waals surface area contributed by atoms with Crippen LogP contribution in [0.5, 0.6) is 0 Å². The van der Waals surface area contributed by atoms with Gasteiger partial charge >= 0.3 is 0 Å². The van der Waals surface area contributed by atoms with Crippen LogP contribution in [-0.2, 0) is 13.6 Å². The largest absolute Gasteiger partial charge is 0.303 e. The molecule has 0 aliphatic rings. The molecule has 2 rings (SSSR count). The lowest BCUT2D eigenvalue weighted by Gasteiger charge is -2.10. The van der Waals surface area contributed by atoms with Gasteiger partial charge in [-0.05, 0) is 31.1 Å². The molecule has 2 heterocycles. The predicted octanol–water partition coefficient (Wildman–Crippen LogP) is 1.67. The lowest BCUT2D eigenvalue weighted by atomic mass is 10.2. The molecule has 0 aliphatic carbocycles. The zero-order chi connectivity index (χ0) is 14.2. The summed E-state index contributed by atoms with van der Waals surface area (Å²) in [4.78, 5) is 12.4. The standard InChI is InChI=1S/C12H17N5OS/c1-7(2)6-17-11(18)9(5-8(3)15-17)10-13-14-12(19)16(10)4/h5,7H,6H2,1-4H3,(H,14,19). The lowest BCUT2D eigenvalue weighted by molar-refractivity contribution is 0.461. The molecule has 0 saturated heterocycles. The van der Waals surface area contributed by atoms with Gasteiger partial charge in [-0.3, -0.25) is 9.89 Å². The monoisotopic (exact) mass is 279 g/mol. The Morgan fingerprint density at radius 3 is 2.68 bits per heavy atom. The Balaban J connectivity index is 2.64. The second kappa shape index (κ2) is 5.08. The van der Waals surface area contributed by atoms with Gasteiger partial charge in [-0.1, -0.05) is 13.8 Å². The molecule has 0 bridgehead atoms. The Hall–Kier alpha value is -1.76. The van der Waals surface area contributed by atoms with Crippen LogP contribution in [0.15, 0.2) is 10.9 Å². The van der Waals surface area contributed by atoms with Crippen molar-refractivity contribution < 1.29 is 0 Å². The summed E-state index contributed by atoms with van der Waals surface area (Å²) in [5.41, 5.74) is 1.16. The molecule has 6 nitrogen and oxygen atoms in total. The minimum absolute atomic E-state index is 0.142. The Kier molecular flexibility index (Phi) is 3.66. The first-order valence-corrected chi connectivity index (χ1v) is 6.51. The van der Waals surface area contributed by atoms with Crippen LogP contribution in [0.4, 0.5) is 0 Å². The molecule has 102 valence electrons. The Morgan fingerprint density at radius 1 is 1.47 bits per heavy atom. The molecule has 19 heavy (non-hydrogen) atoms. The maximum absolute atomic E-state index is 12.4. The van der Waals surface area contributed by atoms with Crippen molar-refractivity contribution >= 4 is 12.2 Å². The van der Waals surface area contributed by atoms with E-state index in [9.17, 15) is 4.79 Å². The SMILES string of the molecule is Cc1cc(-c2n[nH]c(=S)n2C)c(=O)n(CC(C)C)n1. The van der Waals surface area contributed by atoms with E-state index in [1.165, 1.54) is 4.68 Å². The van der Waals surface area contributed by atoms with Crippen molar-refractivity contribution in [1.29, 1.82) is 0 Å². The fourth-order valence-electron chi connectivity index (χ4n) is 1.89. The van der Waals surface area contributed by atoms with E-state index in [1.54, 1.807) is 17.7 Å². The summed E-state index contributed by atoms with van der Waals surface area (Å²) < 4.78 is 3.66. The summed E-state index contributed by atoms with van der Waals surface area (Å²) in [6, 6.07) is 1.74. The van der Waals surface area contributed by atoms with E-state index in [1.807, 2.05) is 20.8 Å².